The van der Waals surface area contributed by atoms with Crippen LogP contribution in [0, 0.1) is 11.8 Å². The first-order valence-corrected chi connectivity index (χ1v) is 6.60. The molecule has 1 aromatic heterocycles. The lowest BCUT2D eigenvalue weighted by molar-refractivity contribution is 0.0941. The van der Waals surface area contributed by atoms with E-state index in [1.54, 1.807) is 0 Å². The summed E-state index contributed by atoms with van der Waals surface area (Å²) in [5.74, 6) is 2.02. The number of fused-ring (bicyclic) bond motifs is 1. The fourth-order valence-corrected chi connectivity index (χ4v) is 3.42. The Morgan fingerprint density at radius 3 is 2.65 bits per heavy atom. The van der Waals surface area contributed by atoms with E-state index in [9.17, 15) is 4.79 Å². The largest absolute Gasteiger partial charge is 0.357 e. The summed E-state index contributed by atoms with van der Waals surface area (Å²) >= 11 is 0. The van der Waals surface area contributed by atoms with E-state index < -0.39 is 0 Å². The zero-order chi connectivity index (χ0) is 11.8. The molecule has 3 nitrogen and oxygen atoms in total. The Bertz CT molecular complexity index is 412. The predicted molar refractivity (Wildman–Crippen MR) is 67.0 cm³/mol. The maximum Gasteiger partial charge on any atom is 0.178 e. The van der Waals surface area contributed by atoms with Gasteiger partial charge in [0.05, 0.1) is 6.54 Å². The highest BCUT2D eigenvalue weighted by Crippen LogP contribution is 2.37. The highest BCUT2D eigenvalue weighted by Gasteiger charge is 2.36. The number of Topliss-reactive ketones (excluding diaryl/α,β-unsaturated/α-hetero) is 1. The van der Waals surface area contributed by atoms with Crippen LogP contribution in [0.1, 0.15) is 29.6 Å². The Morgan fingerprint density at radius 1 is 1.35 bits per heavy atom. The maximum atomic E-state index is 12.1. The number of hydrogen-bond donors (Lipinski definition) is 0. The number of likely N-dealkylation sites (tertiary alicyclic amines) is 1. The lowest BCUT2D eigenvalue weighted by Crippen LogP contribution is -2.28. The lowest BCUT2D eigenvalue weighted by Gasteiger charge is -2.15. The zero-order valence-electron chi connectivity index (χ0n) is 10.4. The Morgan fingerprint density at radius 2 is 2.06 bits per heavy atom. The summed E-state index contributed by atoms with van der Waals surface area (Å²) in [4.78, 5) is 14.4. The molecule has 2 atom stereocenters. The van der Waals surface area contributed by atoms with Crippen molar-refractivity contribution in [1.82, 2.24) is 9.47 Å². The second kappa shape index (κ2) is 4.30. The summed E-state index contributed by atoms with van der Waals surface area (Å²) in [7, 11) is 1.96. The second-order valence-corrected chi connectivity index (χ2v) is 5.63. The van der Waals surface area contributed by atoms with Crippen LogP contribution in [0.25, 0.3) is 0 Å². The molecule has 1 saturated heterocycles. The van der Waals surface area contributed by atoms with Crippen molar-refractivity contribution in [2.45, 2.75) is 19.3 Å². The molecule has 1 aromatic rings. The molecule has 2 unspecified atom stereocenters. The Balaban J connectivity index is 1.59. The number of hydrogen-bond acceptors (Lipinski definition) is 2. The highest BCUT2D eigenvalue weighted by atomic mass is 16.1. The predicted octanol–water partition coefficient (Wildman–Crippen LogP) is 1.94. The summed E-state index contributed by atoms with van der Waals surface area (Å²) in [6, 6.07) is 1.92. The summed E-state index contributed by atoms with van der Waals surface area (Å²) in [6.07, 6.45) is 8.00. The molecule has 1 saturated carbocycles. The van der Waals surface area contributed by atoms with Crippen molar-refractivity contribution in [3.8, 4) is 0 Å². The van der Waals surface area contributed by atoms with E-state index >= 15 is 0 Å². The standard InChI is InChI=1S/C14H20N2O/c1-15-6-5-13(7-15)14(17)10-16-8-11-3-2-4-12(11)9-16/h5-7,11-12H,2-4,8-10H2,1H3. The Kier molecular flexibility index (Phi) is 2.79. The Labute approximate surface area is 102 Å². The van der Waals surface area contributed by atoms with Crippen molar-refractivity contribution < 1.29 is 4.79 Å². The molecular formula is C14H20N2O. The molecule has 0 N–H and O–H groups in total. The number of rotatable bonds is 3. The van der Waals surface area contributed by atoms with Crippen LogP contribution in [0.5, 0.6) is 0 Å². The average Bonchev–Trinajstić information content (AvgIpc) is 2.92. The van der Waals surface area contributed by atoms with Crippen LogP contribution >= 0.6 is 0 Å². The van der Waals surface area contributed by atoms with E-state index in [0.29, 0.717) is 6.54 Å². The summed E-state index contributed by atoms with van der Waals surface area (Å²) in [6.45, 7) is 2.89. The highest BCUT2D eigenvalue weighted by molar-refractivity contribution is 5.97. The van der Waals surface area contributed by atoms with E-state index in [2.05, 4.69) is 4.90 Å². The molecule has 2 heterocycles. The maximum absolute atomic E-state index is 12.1. The lowest BCUT2D eigenvalue weighted by atomic mass is 10.0. The molecule has 0 radical (unpaired) electrons. The molecule has 0 bridgehead atoms. The molecule has 1 aliphatic carbocycles. The third-order valence-electron chi connectivity index (χ3n) is 4.32. The van der Waals surface area contributed by atoms with Gasteiger partial charge in [0.2, 0.25) is 0 Å². The van der Waals surface area contributed by atoms with E-state index in [1.165, 1.54) is 19.3 Å². The number of nitrogens with zero attached hydrogens (tertiary/aromatic N) is 2. The molecule has 2 fully saturated rings. The van der Waals surface area contributed by atoms with Crippen molar-refractivity contribution in [3.05, 3.63) is 24.0 Å². The van der Waals surface area contributed by atoms with Crippen molar-refractivity contribution in [2.24, 2.45) is 18.9 Å². The van der Waals surface area contributed by atoms with Gasteiger partial charge in [-0.2, -0.15) is 0 Å². The molecular weight excluding hydrogens is 212 g/mol. The summed E-state index contributed by atoms with van der Waals surface area (Å²) < 4.78 is 1.94. The topological polar surface area (TPSA) is 25.2 Å². The molecule has 2 aliphatic rings. The van der Waals surface area contributed by atoms with Gasteiger partial charge in [0.1, 0.15) is 0 Å². The molecule has 3 rings (SSSR count). The number of ketones is 1. The van der Waals surface area contributed by atoms with Gasteiger partial charge < -0.3 is 4.57 Å². The zero-order valence-corrected chi connectivity index (χ0v) is 10.4. The van der Waals surface area contributed by atoms with Crippen LogP contribution in [-0.2, 0) is 7.05 Å². The SMILES string of the molecule is Cn1ccc(C(=O)CN2CC3CCCC3C2)c1. The second-order valence-electron chi connectivity index (χ2n) is 5.63. The third kappa shape index (κ3) is 2.16. The molecule has 17 heavy (non-hydrogen) atoms. The summed E-state index contributed by atoms with van der Waals surface area (Å²) in [5, 5.41) is 0. The van der Waals surface area contributed by atoms with Gasteiger partial charge in [0.15, 0.2) is 5.78 Å². The first kappa shape index (κ1) is 11.0. The first-order valence-electron chi connectivity index (χ1n) is 6.60. The van der Waals surface area contributed by atoms with E-state index in [4.69, 9.17) is 0 Å². The van der Waals surface area contributed by atoms with Crippen molar-refractivity contribution in [1.29, 1.82) is 0 Å². The van der Waals surface area contributed by atoms with Gasteiger partial charge in [-0.25, -0.2) is 0 Å². The number of aromatic nitrogens is 1. The normalized spacial score (nSPS) is 28.5. The molecule has 0 spiro atoms. The fourth-order valence-electron chi connectivity index (χ4n) is 3.42. The van der Waals surface area contributed by atoms with Crippen molar-refractivity contribution in [2.75, 3.05) is 19.6 Å². The van der Waals surface area contributed by atoms with Gasteiger partial charge in [-0.05, 0) is 30.7 Å². The number of carbonyl (C=O) groups excluding carboxylic acids is 1. The Hall–Kier alpha value is -1.09. The molecule has 0 aromatic carbocycles. The van der Waals surface area contributed by atoms with Gasteiger partial charge in [-0.15, -0.1) is 0 Å². The smallest absolute Gasteiger partial charge is 0.178 e. The van der Waals surface area contributed by atoms with Gasteiger partial charge in [-0.3, -0.25) is 9.69 Å². The van der Waals surface area contributed by atoms with E-state index in [1.807, 2.05) is 30.1 Å². The minimum atomic E-state index is 0.269. The van der Waals surface area contributed by atoms with Gasteiger partial charge in [0, 0.05) is 38.1 Å². The monoisotopic (exact) mass is 232 g/mol. The fraction of sp³-hybridized carbons (Fsp3) is 0.643. The van der Waals surface area contributed by atoms with Crippen LogP contribution in [0.2, 0.25) is 0 Å². The van der Waals surface area contributed by atoms with Gasteiger partial charge in [0.25, 0.3) is 0 Å². The number of carbonyl (C=O) groups is 1. The van der Waals surface area contributed by atoms with Crippen LogP contribution in [0.15, 0.2) is 18.5 Å². The number of aryl methyl sites for hydroxylation is 1. The molecule has 0 amide bonds. The van der Waals surface area contributed by atoms with Gasteiger partial charge in [-0.1, -0.05) is 6.42 Å². The van der Waals surface area contributed by atoms with E-state index in [0.717, 1.165) is 30.5 Å². The van der Waals surface area contributed by atoms with Crippen LogP contribution in [0.3, 0.4) is 0 Å². The van der Waals surface area contributed by atoms with Crippen LogP contribution in [0.4, 0.5) is 0 Å². The van der Waals surface area contributed by atoms with Crippen LogP contribution in [-0.4, -0.2) is 34.9 Å². The minimum Gasteiger partial charge on any atom is -0.357 e. The van der Waals surface area contributed by atoms with Gasteiger partial charge >= 0.3 is 0 Å². The summed E-state index contributed by atoms with van der Waals surface area (Å²) in [5.41, 5.74) is 0.851. The quantitative estimate of drug-likeness (QED) is 0.744. The molecule has 1 aliphatic heterocycles. The molecule has 3 heteroatoms. The average molecular weight is 232 g/mol. The van der Waals surface area contributed by atoms with Crippen molar-refractivity contribution >= 4 is 5.78 Å². The minimum absolute atomic E-state index is 0.269. The van der Waals surface area contributed by atoms with E-state index in [-0.39, 0.29) is 5.78 Å². The first-order chi connectivity index (χ1) is 8.22. The third-order valence-corrected chi connectivity index (χ3v) is 4.32. The van der Waals surface area contributed by atoms with Crippen LogP contribution < -0.4 is 0 Å². The molecule has 92 valence electrons. The van der Waals surface area contributed by atoms with Crippen molar-refractivity contribution in [3.63, 3.8) is 0 Å².